The van der Waals surface area contributed by atoms with Gasteiger partial charge in [-0.2, -0.15) is 0 Å². The molecule has 3 aromatic carbocycles. The fourth-order valence-electron chi connectivity index (χ4n) is 5.77. The third kappa shape index (κ3) is 4.97. The van der Waals surface area contributed by atoms with Gasteiger partial charge in [0, 0.05) is 0 Å². The molecule has 2 aliphatic carbocycles. The zero-order chi connectivity index (χ0) is 23.5. The number of allylic oxidation sites excluding steroid dienone is 2. The van der Waals surface area contributed by atoms with Crippen LogP contribution in [0.1, 0.15) is 91.7 Å². The van der Waals surface area contributed by atoms with E-state index < -0.39 is 0 Å². The Labute approximate surface area is 206 Å². The number of rotatable bonds is 6. The third-order valence-electron chi connectivity index (χ3n) is 7.90. The maximum absolute atomic E-state index is 4.28. The topological polar surface area (TPSA) is 0 Å². The molecule has 3 aromatic rings. The molecule has 2 aliphatic rings. The van der Waals surface area contributed by atoms with Crippen LogP contribution in [0.25, 0.3) is 22.8 Å². The molecule has 174 valence electrons. The molecule has 0 saturated heterocycles. The Morgan fingerprint density at radius 2 is 1.65 bits per heavy atom. The Balaban J connectivity index is 1.51. The second-order valence-corrected chi connectivity index (χ2v) is 10.7. The highest BCUT2D eigenvalue weighted by molar-refractivity contribution is 5.80. The molecule has 0 radical (unpaired) electrons. The molecule has 0 bridgehead atoms. The van der Waals surface area contributed by atoms with Gasteiger partial charge in [-0.15, -0.1) is 0 Å². The van der Waals surface area contributed by atoms with Crippen LogP contribution in [0.5, 0.6) is 0 Å². The van der Waals surface area contributed by atoms with Gasteiger partial charge >= 0.3 is 0 Å². The minimum Gasteiger partial charge on any atom is -0.0950 e. The van der Waals surface area contributed by atoms with Crippen molar-refractivity contribution in [1.82, 2.24) is 0 Å². The molecule has 0 heterocycles. The van der Waals surface area contributed by atoms with Gasteiger partial charge in [0.05, 0.1) is 0 Å². The number of hydrogen-bond donors (Lipinski definition) is 0. The van der Waals surface area contributed by atoms with Crippen LogP contribution >= 0.6 is 0 Å². The Kier molecular flexibility index (Phi) is 6.86. The molecule has 0 amide bonds. The zero-order valence-electron chi connectivity index (χ0n) is 20.9. The standard InChI is InChI=1S/C34H38/c1-24(2)25(3)28-18-16-26(17-19-28)20-27-21-31(29-10-6-4-5-7-11-29)23-32(22-27)34-15-9-13-30-12-8-14-33(30)34/h8-9,13-19,21-24,29H,3-7,10-12,20H2,1-2H3. The molecule has 34 heavy (non-hydrogen) atoms. The summed E-state index contributed by atoms with van der Waals surface area (Å²) in [6.45, 7) is 8.71. The summed E-state index contributed by atoms with van der Waals surface area (Å²) in [7, 11) is 0. The average molecular weight is 447 g/mol. The van der Waals surface area contributed by atoms with Gasteiger partial charge in [0.1, 0.15) is 0 Å². The van der Waals surface area contributed by atoms with Gasteiger partial charge in [-0.3, -0.25) is 0 Å². The summed E-state index contributed by atoms with van der Waals surface area (Å²) in [4.78, 5) is 0. The monoisotopic (exact) mass is 446 g/mol. The highest BCUT2D eigenvalue weighted by atomic mass is 14.2. The van der Waals surface area contributed by atoms with E-state index in [2.05, 4.69) is 93.2 Å². The van der Waals surface area contributed by atoms with E-state index in [1.165, 1.54) is 83.0 Å². The smallest absolute Gasteiger partial charge is 0.00254 e. The van der Waals surface area contributed by atoms with Gasteiger partial charge in [0.2, 0.25) is 0 Å². The minimum atomic E-state index is 0.478. The Morgan fingerprint density at radius 1 is 0.882 bits per heavy atom. The van der Waals surface area contributed by atoms with E-state index in [1.807, 2.05) is 0 Å². The molecule has 0 N–H and O–H groups in total. The maximum Gasteiger partial charge on any atom is -0.00254 e. The van der Waals surface area contributed by atoms with E-state index in [1.54, 1.807) is 5.56 Å². The molecule has 0 aliphatic heterocycles. The average Bonchev–Trinajstić information content (AvgIpc) is 3.17. The van der Waals surface area contributed by atoms with Crippen LogP contribution in [0.4, 0.5) is 0 Å². The molecule has 5 rings (SSSR count). The minimum absolute atomic E-state index is 0.478. The van der Waals surface area contributed by atoms with Crippen LogP contribution in [0.2, 0.25) is 0 Å². The van der Waals surface area contributed by atoms with Crippen molar-refractivity contribution in [3.63, 3.8) is 0 Å². The van der Waals surface area contributed by atoms with Crippen molar-refractivity contribution in [3.8, 4) is 11.1 Å². The van der Waals surface area contributed by atoms with Gasteiger partial charge in [-0.05, 0) is 87.6 Å². The fourth-order valence-corrected chi connectivity index (χ4v) is 5.77. The van der Waals surface area contributed by atoms with E-state index in [9.17, 15) is 0 Å². The van der Waals surface area contributed by atoms with Crippen LogP contribution in [0.3, 0.4) is 0 Å². The highest BCUT2D eigenvalue weighted by Crippen LogP contribution is 2.37. The lowest BCUT2D eigenvalue weighted by Crippen LogP contribution is -2.01. The maximum atomic E-state index is 4.28. The number of benzene rings is 3. The molecule has 1 fully saturated rings. The van der Waals surface area contributed by atoms with Crippen LogP contribution in [0.15, 0.2) is 73.3 Å². The van der Waals surface area contributed by atoms with Crippen molar-refractivity contribution in [2.75, 3.05) is 0 Å². The summed E-state index contributed by atoms with van der Waals surface area (Å²) >= 11 is 0. The predicted molar refractivity (Wildman–Crippen MR) is 148 cm³/mol. The second kappa shape index (κ2) is 10.2. The van der Waals surface area contributed by atoms with Crippen molar-refractivity contribution in [2.24, 2.45) is 5.92 Å². The Morgan fingerprint density at radius 3 is 2.38 bits per heavy atom. The lowest BCUT2D eigenvalue weighted by molar-refractivity contribution is 0.592. The van der Waals surface area contributed by atoms with Crippen molar-refractivity contribution < 1.29 is 0 Å². The quantitative estimate of drug-likeness (QED) is 0.331. The predicted octanol–water partition coefficient (Wildman–Crippen LogP) is 9.62. The highest BCUT2D eigenvalue weighted by Gasteiger charge is 2.18. The summed E-state index contributed by atoms with van der Waals surface area (Å²) in [5.74, 6) is 1.18. The van der Waals surface area contributed by atoms with Crippen molar-refractivity contribution >= 4 is 11.6 Å². The van der Waals surface area contributed by atoms with Gasteiger partial charge in [-0.1, -0.05) is 119 Å². The first kappa shape index (κ1) is 22.9. The van der Waals surface area contributed by atoms with Gasteiger partial charge < -0.3 is 0 Å². The lowest BCUT2D eigenvalue weighted by Gasteiger charge is -2.19. The van der Waals surface area contributed by atoms with Gasteiger partial charge in [-0.25, -0.2) is 0 Å². The van der Waals surface area contributed by atoms with E-state index in [0.717, 1.165) is 12.8 Å². The van der Waals surface area contributed by atoms with Crippen molar-refractivity contribution in [1.29, 1.82) is 0 Å². The number of fused-ring (bicyclic) bond motifs is 1. The molecule has 0 unspecified atom stereocenters. The van der Waals surface area contributed by atoms with E-state index in [-0.39, 0.29) is 0 Å². The largest absolute Gasteiger partial charge is 0.0950 e. The van der Waals surface area contributed by atoms with Crippen LogP contribution in [-0.2, 0) is 12.8 Å². The molecule has 0 aromatic heterocycles. The summed E-state index contributed by atoms with van der Waals surface area (Å²) in [6, 6.07) is 23.4. The molecular weight excluding hydrogens is 408 g/mol. The molecular formula is C34H38. The first-order valence-electron chi connectivity index (χ1n) is 13.3. The van der Waals surface area contributed by atoms with Crippen LogP contribution < -0.4 is 0 Å². The fraction of sp³-hybridized carbons (Fsp3) is 0.353. The summed E-state index contributed by atoms with van der Waals surface area (Å²) < 4.78 is 0. The zero-order valence-corrected chi connectivity index (χ0v) is 20.9. The Hall–Kier alpha value is -2.86. The third-order valence-corrected chi connectivity index (χ3v) is 7.90. The van der Waals surface area contributed by atoms with Crippen molar-refractivity contribution in [3.05, 3.63) is 107 Å². The van der Waals surface area contributed by atoms with E-state index >= 15 is 0 Å². The van der Waals surface area contributed by atoms with Crippen molar-refractivity contribution in [2.45, 2.75) is 71.1 Å². The summed E-state index contributed by atoms with van der Waals surface area (Å²) in [5.41, 5.74) is 12.5. The normalized spacial score (nSPS) is 16.0. The van der Waals surface area contributed by atoms with E-state index in [0.29, 0.717) is 11.8 Å². The Bertz CT molecular complexity index is 1180. The summed E-state index contributed by atoms with van der Waals surface area (Å²) in [5, 5.41) is 0. The molecule has 0 heteroatoms. The number of hydrogen-bond acceptors (Lipinski definition) is 0. The van der Waals surface area contributed by atoms with Crippen LogP contribution in [-0.4, -0.2) is 0 Å². The molecule has 0 atom stereocenters. The van der Waals surface area contributed by atoms with Crippen LogP contribution in [0, 0.1) is 5.92 Å². The molecule has 0 nitrogen and oxygen atoms in total. The van der Waals surface area contributed by atoms with Gasteiger partial charge in [0.25, 0.3) is 0 Å². The first-order chi connectivity index (χ1) is 16.6. The van der Waals surface area contributed by atoms with Gasteiger partial charge in [0.15, 0.2) is 0 Å². The lowest BCUT2D eigenvalue weighted by atomic mass is 9.86. The SMILES string of the molecule is C=C(c1ccc(Cc2cc(-c3cccc4c3C=CC4)cc(C3CCCCCC3)c2)cc1)C(C)C. The molecule has 0 spiro atoms. The molecule has 1 saturated carbocycles. The second-order valence-electron chi connectivity index (χ2n) is 10.7. The first-order valence-corrected chi connectivity index (χ1v) is 13.3. The summed E-state index contributed by atoms with van der Waals surface area (Å²) in [6.07, 6.45) is 14.9. The van der Waals surface area contributed by atoms with E-state index in [4.69, 9.17) is 0 Å².